The summed E-state index contributed by atoms with van der Waals surface area (Å²) in [6, 6.07) is 2.49. The molecule has 1 amide bonds. The van der Waals surface area contributed by atoms with Crippen LogP contribution in [-0.2, 0) is 15.1 Å². The minimum absolute atomic E-state index is 0.000293. The zero-order chi connectivity index (χ0) is 29.1. The number of aliphatic imine (C=N–C) groups is 1. The van der Waals surface area contributed by atoms with Crippen molar-refractivity contribution in [1.82, 2.24) is 9.97 Å². The van der Waals surface area contributed by atoms with Gasteiger partial charge in [0.25, 0.3) is 11.9 Å². The summed E-state index contributed by atoms with van der Waals surface area (Å²) in [4.78, 5) is 32.5. The van der Waals surface area contributed by atoms with E-state index < -0.39 is 59.8 Å². The molecule has 2 aromatic heterocycles. The number of nitrogens with two attached hydrogens (primary N) is 1. The van der Waals surface area contributed by atoms with E-state index in [-0.39, 0.29) is 17.1 Å². The van der Waals surface area contributed by atoms with Crippen LogP contribution < -0.4 is 11.1 Å². The van der Waals surface area contributed by atoms with E-state index in [1.54, 1.807) is 6.92 Å². The predicted molar refractivity (Wildman–Crippen MR) is 114 cm³/mol. The van der Waals surface area contributed by atoms with Crippen molar-refractivity contribution in [2.75, 3.05) is 5.32 Å². The number of carbonyl (C=O) groups excluding carboxylic acids is 1. The summed E-state index contributed by atoms with van der Waals surface area (Å²) in [5.41, 5.74) is 3.73. The average molecular weight is 550 g/mol. The molecule has 0 bridgehead atoms. The molecule has 0 saturated heterocycles. The summed E-state index contributed by atoms with van der Waals surface area (Å²) >= 11 is 0. The van der Waals surface area contributed by atoms with E-state index in [0.29, 0.717) is 5.56 Å². The lowest BCUT2D eigenvalue weighted by atomic mass is 9.91. The molecule has 0 aliphatic carbocycles. The van der Waals surface area contributed by atoms with Gasteiger partial charge in [-0.3, -0.25) is 4.79 Å². The van der Waals surface area contributed by atoms with Gasteiger partial charge in [0.15, 0.2) is 11.6 Å². The Balaban J connectivity index is 0.000000638. The molecule has 0 saturated carbocycles. The van der Waals surface area contributed by atoms with Crippen LogP contribution in [0.15, 0.2) is 29.4 Å². The first-order valence-electron chi connectivity index (χ1n) is 10.1. The highest BCUT2D eigenvalue weighted by Gasteiger charge is 2.50. The number of nitrogens with zero attached hydrogens (tertiary/aromatic N) is 4. The third-order valence-corrected chi connectivity index (χ3v) is 4.83. The first-order chi connectivity index (χ1) is 17.4. The van der Waals surface area contributed by atoms with Gasteiger partial charge >= 0.3 is 18.3 Å². The van der Waals surface area contributed by atoms with E-state index in [4.69, 9.17) is 25.6 Å². The number of aryl methyl sites for hydroxylation is 1. The Morgan fingerprint density at radius 3 is 2.37 bits per heavy atom. The van der Waals surface area contributed by atoms with Crippen molar-refractivity contribution in [1.29, 1.82) is 5.26 Å². The van der Waals surface area contributed by atoms with Gasteiger partial charge in [-0.05, 0) is 37.6 Å². The number of carbonyl (C=O) groups is 2. The maximum absolute atomic E-state index is 14.5. The van der Waals surface area contributed by atoms with Gasteiger partial charge in [0.05, 0.1) is 5.56 Å². The smallest absolute Gasteiger partial charge is 0.475 e. The maximum atomic E-state index is 14.5. The van der Waals surface area contributed by atoms with Gasteiger partial charge in [0, 0.05) is 12.6 Å². The molecule has 1 aliphatic heterocycles. The molecule has 38 heavy (non-hydrogen) atoms. The molecule has 17 heteroatoms. The topological polar surface area (TPSA) is 164 Å². The van der Waals surface area contributed by atoms with Gasteiger partial charge in [-0.25, -0.2) is 24.1 Å². The standard InChI is InChI=1S/C19H16F4N6O2.C2HF3O2/c1-9-5-10(7-24)8-26-14(9)16(30)29-13-4-3-11(20)15(28-13)18(2)6-12(19(21,22)23)27-17(25)31-18;3-2(4,5)1(6)7/h3-5,8,12H,6H2,1-2H3,(H2,25,27)(H,28,29,30);(H,6,7)/t12-,18-;/m0./s1. The van der Waals surface area contributed by atoms with Gasteiger partial charge in [-0.1, -0.05) is 0 Å². The van der Waals surface area contributed by atoms with Gasteiger partial charge in [-0.2, -0.15) is 31.6 Å². The van der Waals surface area contributed by atoms with Crippen molar-refractivity contribution in [2.24, 2.45) is 10.7 Å². The zero-order valence-electron chi connectivity index (χ0n) is 19.3. The number of aromatic nitrogens is 2. The molecular formula is C21H17F7N6O4. The molecule has 3 rings (SSSR count). The Morgan fingerprint density at radius 1 is 1.26 bits per heavy atom. The van der Waals surface area contributed by atoms with Crippen molar-refractivity contribution in [3.8, 4) is 6.07 Å². The number of hydrogen-bond acceptors (Lipinski definition) is 8. The van der Waals surface area contributed by atoms with Crippen molar-refractivity contribution in [2.45, 2.75) is 44.3 Å². The molecule has 10 nitrogen and oxygen atoms in total. The monoisotopic (exact) mass is 550 g/mol. The number of amidine groups is 1. The summed E-state index contributed by atoms with van der Waals surface area (Å²) in [6.45, 7) is 2.78. The number of carboxylic acids is 1. The molecular weight excluding hydrogens is 533 g/mol. The SMILES string of the molecule is Cc1cc(C#N)cnc1C(=O)Nc1ccc(F)c([C@]2(C)C[C@@H](C(F)(F)F)N=C(N)O2)n1.O=C(O)C(F)(F)F. The lowest BCUT2D eigenvalue weighted by Gasteiger charge is -2.36. The van der Waals surface area contributed by atoms with E-state index in [0.717, 1.165) is 12.1 Å². The second-order valence-electron chi connectivity index (χ2n) is 7.85. The zero-order valence-corrected chi connectivity index (χ0v) is 19.3. The van der Waals surface area contributed by atoms with E-state index in [1.807, 2.05) is 6.07 Å². The molecule has 2 atom stereocenters. The van der Waals surface area contributed by atoms with Crippen LogP contribution in [0.1, 0.15) is 40.7 Å². The van der Waals surface area contributed by atoms with E-state index in [1.165, 1.54) is 19.2 Å². The molecule has 3 heterocycles. The second-order valence-corrected chi connectivity index (χ2v) is 7.85. The third-order valence-electron chi connectivity index (χ3n) is 4.83. The van der Waals surface area contributed by atoms with Crippen molar-refractivity contribution in [3.63, 3.8) is 0 Å². The minimum Gasteiger partial charge on any atom is -0.475 e. The highest BCUT2D eigenvalue weighted by atomic mass is 19.4. The first-order valence-corrected chi connectivity index (χ1v) is 10.1. The molecule has 204 valence electrons. The highest BCUT2D eigenvalue weighted by molar-refractivity contribution is 6.03. The minimum atomic E-state index is -5.08. The van der Waals surface area contributed by atoms with Gasteiger partial charge < -0.3 is 20.9 Å². The maximum Gasteiger partial charge on any atom is 0.490 e. The number of carboxylic acid groups (broad SMARTS) is 1. The first kappa shape index (κ1) is 29.7. The molecule has 0 unspecified atom stereocenters. The van der Waals surface area contributed by atoms with E-state index >= 15 is 0 Å². The van der Waals surface area contributed by atoms with Crippen molar-refractivity contribution < 1.29 is 50.2 Å². The fraction of sp³-hybridized carbons (Fsp3) is 0.333. The van der Waals surface area contributed by atoms with Crippen LogP contribution in [-0.4, -0.2) is 51.4 Å². The summed E-state index contributed by atoms with van der Waals surface area (Å²) in [5, 5.41) is 18.4. The number of ether oxygens (including phenoxy) is 1. The van der Waals surface area contributed by atoms with Gasteiger partial charge in [0.1, 0.15) is 29.1 Å². The number of nitriles is 1. The summed E-state index contributed by atoms with van der Waals surface area (Å²) in [7, 11) is 0. The number of amides is 1. The summed E-state index contributed by atoms with van der Waals surface area (Å²) in [6.07, 6.45) is -9.34. The van der Waals surface area contributed by atoms with Crippen LogP contribution in [0.25, 0.3) is 0 Å². The second kappa shape index (κ2) is 10.9. The Labute approximate surface area is 209 Å². The fourth-order valence-electron chi connectivity index (χ4n) is 3.13. The quantitative estimate of drug-likeness (QED) is 0.489. The number of alkyl halides is 6. The number of nitrogens with one attached hydrogen (secondary N) is 1. The van der Waals surface area contributed by atoms with Crippen LogP contribution in [0, 0.1) is 24.1 Å². The van der Waals surface area contributed by atoms with Crippen LogP contribution in [0.4, 0.5) is 36.6 Å². The molecule has 1 aliphatic rings. The number of anilines is 1. The van der Waals surface area contributed by atoms with Gasteiger partial charge in [0.2, 0.25) is 0 Å². The predicted octanol–water partition coefficient (Wildman–Crippen LogP) is 3.56. The molecule has 4 N–H and O–H groups in total. The van der Waals surface area contributed by atoms with Crippen LogP contribution in [0.2, 0.25) is 0 Å². The number of halogens is 7. The fourth-order valence-corrected chi connectivity index (χ4v) is 3.13. The number of rotatable bonds is 3. The Bertz CT molecular complexity index is 1310. The van der Waals surface area contributed by atoms with E-state index in [9.17, 15) is 35.5 Å². The molecule has 0 radical (unpaired) electrons. The van der Waals surface area contributed by atoms with Crippen molar-refractivity contribution in [3.05, 3.63) is 52.7 Å². The third kappa shape index (κ3) is 7.27. The number of pyridine rings is 2. The lowest BCUT2D eigenvalue weighted by molar-refractivity contribution is -0.192. The molecule has 0 aromatic carbocycles. The lowest BCUT2D eigenvalue weighted by Crippen LogP contribution is -2.46. The van der Waals surface area contributed by atoms with Crippen LogP contribution in [0.3, 0.4) is 0 Å². The van der Waals surface area contributed by atoms with Crippen LogP contribution in [0.5, 0.6) is 0 Å². The van der Waals surface area contributed by atoms with Crippen molar-refractivity contribution >= 4 is 23.7 Å². The average Bonchev–Trinajstić information content (AvgIpc) is 2.78. The van der Waals surface area contributed by atoms with Gasteiger partial charge in [-0.15, -0.1) is 0 Å². The Morgan fingerprint density at radius 2 is 1.87 bits per heavy atom. The molecule has 0 fully saturated rings. The molecule has 0 spiro atoms. The Kier molecular flexibility index (Phi) is 8.50. The van der Waals surface area contributed by atoms with E-state index in [2.05, 4.69) is 20.3 Å². The largest absolute Gasteiger partial charge is 0.490 e. The highest BCUT2D eigenvalue weighted by Crippen LogP contribution is 2.40. The van der Waals surface area contributed by atoms with Crippen LogP contribution >= 0.6 is 0 Å². The summed E-state index contributed by atoms with van der Waals surface area (Å²) in [5.74, 6) is -4.53. The molecule has 2 aromatic rings. The Hall–Kier alpha value is -4.49. The number of aliphatic carboxylic acids is 1. The normalized spacial score (nSPS) is 19.2. The number of hydrogen-bond donors (Lipinski definition) is 3. The summed E-state index contributed by atoms with van der Waals surface area (Å²) < 4.78 is 91.0.